The predicted molar refractivity (Wildman–Crippen MR) is 66.3 cm³/mol. The van der Waals surface area contributed by atoms with Crippen LogP contribution in [0.1, 0.15) is 17.0 Å². The molecule has 2 rings (SSSR count). The molecule has 0 aliphatic heterocycles. The fraction of sp³-hybridized carbons (Fsp3) is 0.308. The Kier molecular flexibility index (Phi) is 3.06. The van der Waals surface area contributed by atoms with E-state index in [1.165, 1.54) is 16.7 Å². The second kappa shape index (κ2) is 4.49. The largest absolute Gasteiger partial charge is 0.314 e. The highest BCUT2D eigenvalue weighted by molar-refractivity contribution is 5.69. The average molecular weight is 215 g/mol. The number of H-pyrrole nitrogens is 1. The molecule has 3 heteroatoms. The Labute approximate surface area is 95.9 Å². The predicted octanol–water partition coefficient (Wildman–Crippen LogP) is 2.41. The monoisotopic (exact) mass is 215 g/mol. The van der Waals surface area contributed by atoms with Crippen molar-refractivity contribution in [3.05, 3.63) is 41.2 Å². The zero-order chi connectivity index (χ0) is 11.5. The lowest BCUT2D eigenvalue weighted by Crippen LogP contribution is -2.06. The van der Waals surface area contributed by atoms with Crippen LogP contribution < -0.4 is 5.32 Å². The van der Waals surface area contributed by atoms with Crippen molar-refractivity contribution in [3.63, 3.8) is 0 Å². The van der Waals surface area contributed by atoms with Crippen molar-refractivity contribution in [1.82, 2.24) is 15.5 Å². The SMILES string of the molecule is CNCc1n[nH]c(C)c1-c1cccc(C)c1. The zero-order valence-corrected chi connectivity index (χ0v) is 9.96. The van der Waals surface area contributed by atoms with Crippen molar-refractivity contribution in [2.45, 2.75) is 20.4 Å². The molecule has 0 aliphatic carbocycles. The first-order valence-electron chi connectivity index (χ1n) is 5.48. The standard InChI is InChI=1S/C13H17N3/c1-9-5-4-6-11(7-9)13-10(2)15-16-12(13)8-14-3/h4-7,14H,8H2,1-3H3,(H,15,16). The molecular formula is C13H17N3. The van der Waals surface area contributed by atoms with Crippen molar-refractivity contribution >= 4 is 0 Å². The van der Waals surface area contributed by atoms with E-state index in [2.05, 4.69) is 53.6 Å². The third kappa shape index (κ3) is 1.99. The molecule has 0 saturated heterocycles. The topological polar surface area (TPSA) is 40.7 Å². The number of aromatic nitrogens is 2. The van der Waals surface area contributed by atoms with E-state index < -0.39 is 0 Å². The minimum Gasteiger partial charge on any atom is -0.314 e. The molecule has 1 heterocycles. The van der Waals surface area contributed by atoms with Gasteiger partial charge in [-0.1, -0.05) is 29.8 Å². The molecule has 0 aliphatic rings. The molecule has 3 nitrogen and oxygen atoms in total. The molecule has 1 aromatic carbocycles. The Morgan fingerprint density at radius 2 is 2.12 bits per heavy atom. The lowest BCUT2D eigenvalue weighted by Gasteiger charge is -2.04. The Balaban J connectivity index is 2.50. The Morgan fingerprint density at radius 1 is 1.31 bits per heavy atom. The Bertz CT molecular complexity index is 486. The number of rotatable bonds is 3. The maximum Gasteiger partial charge on any atom is 0.0840 e. The van der Waals surface area contributed by atoms with Gasteiger partial charge in [-0.25, -0.2) is 0 Å². The summed E-state index contributed by atoms with van der Waals surface area (Å²) < 4.78 is 0. The molecular weight excluding hydrogens is 198 g/mol. The Hall–Kier alpha value is -1.61. The van der Waals surface area contributed by atoms with Crippen LogP contribution in [0.3, 0.4) is 0 Å². The van der Waals surface area contributed by atoms with Crippen LogP contribution in [0.4, 0.5) is 0 Å². The first-order valence-corrected chi connectivity index (χ1v) is 5.48. The van der Waals surface area contributed by atoms with Crippen LogP contribution in [-0.4, -0.2) is 17.2 Å². The van der Waals surface area contributed by atoms with Crippen molar-refractivity contribution < 1.29 is 0 Å². The molecule has 0 spiro atoms. The number of benzene rings is 1. The van der Waals surface area contributed by atoms with E-state index in [-0.39, 0.29) is 0 Å². The highest BCUT2D eigenvalue weighted by Gasteiger charge is 2.11. The van der Waals surface area contributed by atoms with Gasteiger partial charge in [0.25, 0.3) is 0 Å². The van der Waals surface area contributed by atoms with Crippen LogP contribution >= 0.6 is 0 Å². The van der Waals surface area contributed by atoms with E-state index in [9.17, 15) is 0 Å². The molecule has 0 fully saturated rings. The van der Waals surface area contributed by atoms with Crippen molar-refractivity contribution in [1.29, 1.82) is 0 Å². The lowest BCUT2D eigenvalue weighted by atomic mass is 10.0. The molecule has 0 saturated carbocycles. The molecule has 0 radical (unpaired) electrons. The molecule has 16 heavy (non-hydrogen) atoms. The summed E-state index contributed by atoms with van der Waals surface area (Å²) in [5.74, 6) is 0. The van der Waals surface area contributed by atoms with Crippen molar-refractivity contribution in [2.75, 3.05) is 7.05 Å². The van der Waals surface area contributed by atoms with E-state index in [1.54, 1.807) is 0 Å². The third-order valence-corrected chi connectivity index (χ3v) is 2.67. The van der Waals surface area contributed by atoms with Gasteiger partial charge < -0.3 is 5.32 Å². The fourth-order valence-corrected chi connectivity index (χ4v) is 1.96. The summed E-state index contributed by atoms with van der Waals surface area (Å²) in [5.41, 5.74) is 5.92. The maximum atomic E-state index is 4.32. The molecule has 1 aromatic heterocycles. The van der Waals surface area contributed by atoms with E-state index in [0.717, 1.165) is 17.9 Å². The van der Waals surface area contributed by atoms with Gasteiger partial charge in [0.15, 0.2) is 0 Å². The van der Waals surface area contributed by atoms with E-state index in [4.69, 9.17) is 0 Å². The molecule has 2 N–H and O–H groups in total. The van der Waals surface area contributed by atoms with Crippen LogP contribution in [0.2, 0.25) is 0 Å². The second-order valence-corrected chi connectivity index (χ2v) is 4.07. The van der Waals surface area contributed by atoms with Gasteiger partial charge in [-0.2, -0.15) is 5.10 Å². The van der Waals surface area contributed by atoms with Crippen molar-refractivity contribution in [3.8, 4) is 11.1 Å². The number of hydrogen-bond donors (Lipinski definition) is 2. The van der Waals surface area contributed by atoms with Crippen LogP contribution in [-0.2, 0) is 6.54 Å². The normalized spacial score (nSPS) is 10.7. The average Bonchev–Trinajstić information content (AvgIpc) is 2.60. The number of aryl methyl sites for hydroxylation is 2. The van der Waals surface area contributed by atoms with Gasteiger partial charge in [0.1, 0.15) is 0 Å². The zero-order valence-electron chi connectivity index (χ0n) is 9.96. The highest BCUT2D eigenvalue weighted by Crippen LogP contribution is 2.26. The van der Waals surface area contributed by atoms with Gasteiger partial charge in [0.2, 0.25) is 0 Å². The highest BCUT2D eigenvalue weighted by atomic mass is 15.1. The maximum absolute atomic E-state index is 4.32. The quantitative estimate of drug-likeness (QED) is 0.825. The molecule has 84 valence electrons. The summed E-state index contributed by atoms with van der Waals surface area (Å²) in [7, 11) is 1.93. The van der Waals surface area contributed by atoms with Gasteiger partial charge in [0.05, 0.1) is 5.69 Å². The molecule has 0 unspecified atom stereocenters. The molecule has 0 bridgehead atoms. The van der Waals surface area contributed by atoms with Crippen LogP contribution in [0, 0.1) is 13.8 Å². The fourth-order valence-electron chi connectivity index (χ4n) is 1.96. The molecule has 0 atom stereocenters. The number of nitrogens with one attached hydrogen (secondary N) is 2. The minimum atomic E-state index is 0.785. The third-order valence-electron chi connectivity index (χ3n) is 2.67. The Morgan fingerprint density at radius 3 is 2.81 bits per heavy atom. The second-order valence-electron chi connectivity index (χ2n) is 4.07. The van der Waals surface area contributed by atoms with Crippen LogP contribution in [0.25, 0.3) is 11.1 Å². The van der Waals surface area contributed by atoms with Gasteiger partial charge in [-0.05, 0) is 26.5 Å². The van der Waals surface area contributed by atoms with E-state index in [0.29, 0.717) is 0 Å². The summed E-state index contributed by atoms with van der Waals surface area (Å²) >= 11 is 0. The van der Waals surface area contributed by atoms with Crippen LogP contribution in [0.15, 0.2) is 24.3 Å². The first-order chi connectivity index (χ1) is 7.72. The lowest BCUT2D eigenvalue weighted by molar-refractivity contribution is 0.785. The molecule has 2 aromatic rings. The molecule has 0 amide bonds. The summed E-state index contributed by atoms with van der Waals surface area (Å²) in [6, 6.07) is 8.51. The smallest absolute Gasteiger partial charge is 0.0840 e. The van der Waals surface area contributed by atoms with Gasteiger partial charge in [-0.3, -0.25) is 5.10 Å². The number of hydrogen-bond acceptors (Lipinski definition) is 2. The summed E-state index contributed by atoms with van der Waals surface area (Å²) in [6.07, 6.45) is 0. The van der Waals surface area contributed by atoms with E-state index in [1.807, 2.05) is 7.05 Å². The van der Waals surface area contributed by atoms with Crippen LogP contribution in [0.5, 0.6) is 0 Å². The van der Waals surface area contributed by atoms with Gasteiger partial charge in [-0.15, -0.1) is 0 Å². The van der Waals surface area contributed by atoms with Gasteiger partial charge >= 0.3 is 0 Å². The van der Waals surface area contributed by atoms with Crippen molar-refractivity contribution in [2.24, 2.45) is 0 Å². The minimum absolute atomic E-state index is 0.785. The first kappa shape index (κ1) is 10.9. The summed E-state index contributed by atoms with van der Waals surface area (Å²) in [5, 5.41) is 10.5. The van der Waals surface area contributed by atoms with Gasteiger partial charge in [0, 0.05) is 17.8 Å². The summed E-state index contributed by atoms with van der Waals surface area (Å²) in [4.78, 5) is 0. The number of aromatic amines is 1. The van der Waals surface area contributed by atoms with E-state index >= 15 is 0 Å². The number of nitrogens with zero attached hydrogens (tertiary/aromatic N) is 1. The summed E-state index contributed by atoms with van der Waals surface area (Å²) in [6.45, 7) is 4.95.